The van der Waals surface area contributed by atoms with E-state index in [4.69, 9.17) is 18.7 Å². The van der Waals surface area contributed by atoms with Gasteiger partial charge in [0.1, 0.15) is 27.4 Å². The molecule has 0 saturated heterocycles. The Morgan fingerprint density at radius 2 is 1.88 bits per heavy atom. The maximum absolute atomic E-state index is 13.4. The first kappa shape index (κ1) is 30.6. The van der Waals surface area contributed by atoms with Crippen LogP contribution in [0.1, 0.15) is 44.4 Å². The molecule has 0 bridgehead atoms. The number of fused-ring (bicyclic) bond motifs is 1. The molecule has 0 fully saturated rings. The number of hydrogen-bond donors (Lipinski definition) is 2. The van der Waals surface area contributed by atoms with Gasteiger partial charge >= 0.3 is 12.7 Å². The molecule has 2 aromatic carbocycles. The fourth-order valence-electron chi connectivity index (χ4n) is 4.03. The first-order chi connectivity index (χ1) is 19.8. The molecule has 1 amide bonds. The average Bonchev–Trinajstić information content (AvgIpc) is 3.52. The SMILES string of the molecule is CCc1ccc(OC)c(S(=O)(=O)Nc2noc3cc(Cn4cc(CNC(=O)OC(C)(C)C)cn4)cc(OC(F)F)c23)c1. The average molecular weight is 608 g/mol. The highest BCUT2D eigenvalue weighted by Crippen LogP contribution is 2.37. The number of nitrogens with one attached hydrogen (secondary N) is 2. The maximum Gasteiger partial charge on any atom is 0.407 e. The number of alkyl carbamates (subject to hydrolysis) is 1. The Morgan fingerprint density at radius 3 is 2.55 bits per heavy atom. The second kappa shape index (κ2) is 12.2. The maximum atomic E-state index is 13.4. The number of aryl methyl sites for hydroxylation is 1. The fraction of sp³-hybridized carbons (Fsp3) is 0.370. The number of aromatic nitrogens is 3. The summed E-state index contributed by atoms with van der Waals surface area (Å²) in [5.41, 5.74) is 1.24. The van der Waals surface area contributed by atoms with Crippen LogP contribution in [0, 0.1) is 0 Å². The molecule has 42 heavy (non-hydrogen) atoms. The van der Waals surface area contributed by atoms with Crippen LogP contribution in [0.5, 0.6) is 11.5 Å². The number of methoxy groups -OCH3 is 1. The number of carbonyl (C=O) groups is 1. The lowest BCUT2D eigenvalue weighted by atomic mass is 10.1. The van der Waals surface area contributed by atoms with Crippen molar-refractivity contribution in [3.63, 3.8) is 0 Å². The fourth-order valence-corrected chi connectivity index (χ4v) is 5.26. The summed E-state index contributed by atoms with van der Waals surface area (Å²) in [5, 5.41) is 10.6. The predicted octanol–water partition coefficient (Wildman–Crippen LogP) is 5.07. The molecule has 0 aliphatic rings. The molecule has 12 nitrogen and oxygen atoms in total. The lowest BCUT2D eigenvalue weighted by Crippen LogP contribution is -2.32. The number of rotatable bonds is 11. The molecular weight excluding hydrogens is 576 g/mol. The molecule has 226 valence electrons. The Balaban J connectivity index is 1.59. The van der Waals surface area contributed by atoms with Crippen LogP contribution < -0.4 is 19.5 Å². The van der Waals surface area contributed by atoms with Crippen LogP contribution in [0.15, 0.2) is 52.1 Å². The largest absolute Gasteiger partial charge is 0.495 e. The van der Waals surface area contributed by atoms with E-state index in [0.717, 1.165) is 5.56 Å². The van der Waals surface area contributed by atoms with Crippen LogP contribution in [0.4, 0.5) is 19.4 Å². The number of sulfonamides is 1. The number of amides is 1. The number of benzene rings is 2. The number of ether oxygens (including phenoxy) is 3. The molecule has 0 aliphatic carbocycles. The summed E-state index contributed by atoms with van der Waals surface area (Å²) in [6, 6.07) is 7.55. The van der Waals surface area contributed by atoms with Crippen LogP contribution in [0.25, 0.3) is 11.0 Å². The summed E-state index contributed by atoms with van der Waals surface area (Å²) < 4.78 is 77.7. The molecule has 0 saturated carbocycles. The van der Waals surface area contributed by atoms with Crippen LogP contribution in [0.2, 0.25) is 0 Å². The minimum atomic E-state index is -4.27. The topological polar surface area (TPSA) is 147 Å². The van der Waals surface area contributed by atoms with Crippen molar-refractivity contribution in [2.45, 2.75) is 64.3 Å². The summed E-state index contributed by atoms with van der Waals surface area (Å²) >= 11 is 0. The third-order valence-electron chi connectivity index (χ3n) is 5.84. The molecule has 0 radical (unpaired) electrons. The summed E-state index contributed by atoms with van der Waals surface area (Å²) in [6.45, 7) is 4.19. The van der Waals surface area contributed by atoms with E-state index in [0.29, 0.717) is 17.5 Å². The van der Waals surface area contributed by atoms with Crippen molar-refractivity contribution in [1.29, 1.82) is 0 Å². The van der Waals surface area contributed by atoms with Gasteiger partial charge in [-0.1, -0.05) is 18.1 Å². The van der Waals surface area contributed by atoms with Crippen LogP contribution in [0.3, 0.4) is 0 Å². The summed E-state index contributed by atoms with van der Waals surface area (Å²) in [5.74, 6) is -0.575. The third kappa shape index (κ3) is 7.46. The molecule has 2 N–H and O–H groups in total. The Kier molecular flexibility index (Phi) is 8.89. The lowest BCUT2D eigenvalue weighted by molar-refractivity contribution is -0.0488. The Hall–Kier alpha value is -4.40. The quantitative estimate of drug-likeness (QED) is 0.239. The zero-order valence-corrected chi connectivity index (χ0v) is 24.4. The molecular formula is C27H31F2N5O7S. The van der Waals surface area contributed by atoms with E-state index < -0.39 is 28.3 Å². The highest BCUT2D eigenvalue weighted by Gasteiger charge is 2.26. The smallest absolute Gasteiger partial charge is 0.407 e. The first-order valence-corrected chi connectivity index (χ1v) is 14.3. The van der Waals surface area contributed by atoms with Gasteiger partial charge in [-0.3, -0.25) is 9.40 Å². The second-order valence-corrected chi connectivity index (χ2v) is 11.9. The van der Waals surface area contributed by atoms with Crippen LogP contribution in [-0.2, 0) is 34.3 Å². The van der Waals surface area contributed by atoms with Crippen molar-refractivity contribution in [1.82, 2.24) is 20.3 Å². The standard InChI is InChI=1S/C27H31F2N5O7S/c1-6-16-7-8-19(38-5)22(11-16)42(36,37)33-24-23-20(39-25(28)29)9-17(10-21(23)41-32-24)14-34-15-18(13-31-34)12-30-26(35)40-27(2,3)4/h7-11,13,15,25H,6,12,14H2,1-5H3,(H,30,35)(H,32,33). The van der Waals surface area contributed by atoms with Gasteiger partial charge in [0.25, 0.3) is 10.0 Å². The van der Waals surface area contributed by atoms with Gasteiger partial charge in [-0.25, -0.2) is 13.2 Å². The molecule has 2 heterocycles. The van der Waals surface area contributed by atoms with Crippen molar-refractivity contribution < 1.29 is 40.7 Å². The molecule has 0 spiro atoms. The molecule has 0 unspecified atom stereocenters. The van der Waals surface area contributed by atoms with Crippen LogP contribution >= 0.6 is 0 Å². The van der Waals surface area contributed by atoms with Crippen molar-refractivity contribution in [3.05, 3.63) is 59.4 Å². The number of carbonyl (C=O) groups excluding carboxylic acids is 1. The summed E-state index contributed by atoms with van der Waals surface area (Å²) in [4.78, 5) is 11.8. The van der Waals surface area contributed by atoms with Crippen molar-refractivity contribution in [2.75, 3.05) is 11.8 Å². The van der Waals surface area contributed by atoms with E-state index in [-0.39, 0.29) is 46.3 Å². The number of nitrogens with zero attached hydrogens (tertiary/aromatic N) is 3. The van der Waals surface area contributed by atoms with Crippen LogP contribution in [-0.4, -0.2) is 48.8 Å². The molecule has 2 aromatic heterocycles. The van der Waals surface area contributed by atoms with E-state index in [1.54, 1.807) is 33.0 Å². The minimum absolute atomic E-state index is 0.00842. The van der Waals surface area contributed by atoms with Gasteiger partial charge in [0.05, 0.1) is 19.9 Å². The molecule has 0 aliphatic heterocycles. The molecule has 0 atom stereocenters. The van der Waals surface area contributed by atoms with Crippen molar-refractivity contribution >= 4 is 32.9 Å². The number of anilines is 1. The van der Waals surface area contributed by atoms with Crippen molar-refractivity contribution in [2.24, 2.45) is 0 Å². The Labute approximate surface area is 241 Å². The Bertz CT molecular complexity index is 1680. The van der Waals surface area contributed by atoms with E-state index in [9.17, 15) is 22.0 Å². The zero-order chi connectivity index (χ0) is 30.7. The number of hydrogen-bond acceptors (Lipinski definition) is 9. The van der Waals surface area contributed by atoms with Gasteiger partial charge in [-0.15, -0.1) is 0 Å². The molecule has 15 heteroatoms. The van der Waals surface area contributed by atoms with Gasteiger partial charge in [0.2, 0.25) is 0 Å². The summed E-state index contributed by atoms with van der Waals surface area (Å²) in [6.07, 6.45) is 3.19. The minimum Gasteiger partial charge on any atom is -0.495 e. The van der Waals surface area contributed by atoms with Gasteiger partial charge in [-0.05, 0) is 62.6 Å². The van der Waals surface area contributed by atoms with Gasteiger partial charge in [-0.2, -0.15) is 13.9 Å². The molecule has 4 rings (SSSR count). The number of halogens is 2. The van der Waals surface area contributed by atoms with Gasteiger partial charge in [0.15, 0.2) is 11.4 Å². The predicted molar refractivity (Wildman–Crippen MR) is 148 cm³/mol. The number of alkyl halides is 2. The zero-order valence-electron chi connectivity index (χ0n) is 23.6. The highest BCUT2D eigenvalue weighted by atomic mass is 32.2. The lowest BCUT2D eigenvalue weighted by Gasteiger charge is -2.19. The van der Waals surface area contributed by atoms with E-state index in [1.165, 1.54) is 42.3 Å². The highest BCUT2D eigenvalue weighted by molar-refractivity contribution is 7.92. The normalized spacial score (nSPS) is 12.0. The van der Waals surface area contributed by atoms with Gasteiger partial charge in [0, 0.05) is 18.3 Å². The first-order valence-electron chi connectivity index (χ1n) is 12.8. The monoisotopic (exact) mass is 607 g/mol. The van der Waals surface area contributed by atoms with E-state index >= 15 is 0 Å². The van der Waals surface area contributed by atoms with Crippen molar-refractivity contribution in [3.8, 4) is 11.5 Å². The second-order valence-electron chi connectivity index (χ2n) is 10.2. The van der Waals surface area contributed by atoms with E-state index in [2.05, 4.69) is 20.3 Å². The Morgan fingerprint density at radius 1 is 1.12 bits per heavy atom. The van der Waals surface area contributed by atoms with Gasteiger partial charge < -0.3 is 24.1 Å². The summed E-state index contributed by atoms with van der Waals surface area (Å²) in [7, 11) is -2.93. The third-order valence-corrected chi connectivity index (χ3v) is 7.20. The van der Waals surface area contributed by atoms with E-state index in [1.807, 2.05) is 6.92 Å². The molecule has 4 aromatic rings.